The van der Waals surface area contributed by atoms with Gasteiger partial charge in [0, 0.05) is 19.3 Å². The minimum Gasteiger partial charge on any atom is -0.481 e. The highest BCUT2D eigenvalue weighted by molar-refractivity contribution is 5.95. The Morgan fingerprint density at radius 1 is 0.860 bits per heavy atom. The van der Waals surface area contributed by atoms with Crippen molar-refractivity contribution in [2.75, 3.05) is 20.5 Å². The number of amides is 1. The number of ether oxygens (including phenoxy) is 4. The molecule has 0 saturated carbocycles. The van der Waals surface area contributed by atoms with Crippen LogP contribution in [0.5, 0.6) is 5.75 Å². The summed E-state index contributed by atoms with van der Waals surface area (Å²) in [4.78, 5) is 77.0. The minimum atomic E-state index is -3.00. The molecule has 310 valence electrons. The zero-order valence-electron chi connectivity index (χ0n) is 33.3. The third-order valence-electron chi connectivity index (χ3n) is 9.08. The Bertz CT molecular complexity index is 1660. The van der Waals surface area contributed by atoms with E-state index < -0.39 is 60.6 Å². The molecular weight excluding hydrogens is 734 g/mol. The number of hydrogen-bond acceptors (Lipinski definition) is 11. The van der Waals surface area contributed by atoms with Crippen LogP contribution >= 0.6 is 0 Å². The number of carboxylic acid groups (broad SMARTS) is 1. The summed E-state index contributed by atoms with van der Waals surface area (Å²) in [6.45, 7) is 3.04. The molecule has 0 aliphatic heterocycles. The van der Waals surface area contributed by atoms with E-state index in [0.29, 0.717) is 37.0 Å². The number of rotatable bonds is 28. The lowest BCUT2D eigenvalue weighted by Crippen LogP contribution is -2.56. The number of methoxy groups -OCH3 is 1. The molecular formula is C44H57NO12. The number of Topliss-reactive ketones (excluding diaryl/α,β-unsaturated/α-hetero) is 1. The van der Waals surface area contributed by atoms with Crippen LogP contribution in [-0.2, 0) is 44.6 Å². The van der Waals surface area contributed by atoms with Crippen molar-refractivity contribution >= 4 is 35.6 Å². The van der Waals surface area contributed by atoms with Gasteiger partial charge in [-0.3, -0.25) is 14.4 Å². The molecule has 0 aliphatic rings. The summed E-state index contributed by atoms with van der Waals surface area (Å²) in [6, 6.07) is 13.2. The molecule has 0 spiro atoms. The fourth-order valence-electron chi connectivity index (χ4n) is 5.89. The molecule has 13 heteroatoms. The molecule has 0 aliphatic carbocycles. The van der Waals surface area contributed by atoms with Gasteiger partial charge >= 0.3 is 23.9 Å². The van der Waals surface area contributed by atoms with Crippen LogP contribution in [0.3, 0.4) is 0 Å². The second-order valence-corrected chi connectivity index (χ2v) is 13.6. The fraction of sp³-hybridized carbons (Fsp3) is 0.500. The third-order valence-corrected chi connectivity index (χ3v) is 9.08. The van der Waals surface area contributed by atoms with Gasteiger partial charge < -0.3 is 34.5 Å². The third kappa shape index (κ3) is 18.3. The van der Waals surface area contributed by atoms with Crippen LogP contribution < -0.4 is 10.1 Å². The zero-order chi connectivity index (χ0) is 41.9. The number of hydrogen-bond donors (Lipinski definition) is 3. The highest BCUT2D eigenvalue weighted by Gasteiger charge is 2.50. The topological polar surface area (TPSA) is 192 Å². The fourth-order valence-corrected chi connectivity index (χ4v) is 5.89. The van der Waals surface area contributed by atoms with Gasteiger partial charge in [-0.1, -0.05) is 93.9 Å². The van der Waals surface area contributed by atoms with Crippen LogP contribution in [0.15, 0.2) is 66.7 Å². The predicted octanol–water partition coefficient (Wildman–Crippen LogP) is 6.30. The monoisotopic (exact) mass is 791 g/mol. The minimum absolute atomic E-state index is 0.0670. The largest absolute Gasteiger partial charge is 0.481 e. The summed E-state index contributed by atoms with van der Waals surface area (Å²) in [6.07, 6.45) is 11.3. The van der Waals surface area contributed by atoms with Crippen molar-refractivity contribution in [3.05, 3.63) is 77.9 Å². The van der Waals surface area contributed by atoms with Gasteiger partial charge in [0.15, 0.2) is 5.60 Å². The first-order valence-electron chi connectivity index (χ1n) is 19.5. The van der Waals surface area contributed by atoms with E-state index >= 15 is 0 Å². The summed E-state index contributed by atoms with van der Waals surface area (Å²) in [5.41, 5.74) is -2.25. The van der Waals surface area contributed by atoms with Gasteiger partial charge in [0.1, 0.15) is 24.2 Å². The van der Waals surface area contributed by atoms with Gasteiger partial charge in [0.05, 0.1) is 25.0 Å². The van der Waals surface area contributed by atoms with E-state index in [2.05, 4.69) is 24.1 Å². The number of benzene rings is 2. The molecule has 1 amide bonds. The Kier molecular flexibility index (Phi) is 22.7. The number of nitrogens with one attached hydrogen (secondary N) is 1. The van der Waals surface area contributed by atoms with Crippen LogP contribution in [0.1, 0.15) is 113 Å². The van der Waals surface area contributed by atoms with E-state index in [0.717, 1.165) is 52.1 Å². The maximum absolute atomic E-state index is 14.0. The lowest BCUT2D eigenvalue weighted by atomic mass is 9.82. The number of carbonyl (C=O) groups is 6. The first-order valence-corrected chi connectivity index (χ1v) is 19.5. The van der Waals surface area contributed by atoms with Gasteiger partial charge in [0.2, 0.25) is 12.7 Å². The van der Waals surface area contributed by atoms with Crippen molar-refractivity contribution in [1.82, 2.24) is 5.32 Å². The van der Waals surface area contributed by atoms with Gasteiger partial charge in [-0.25, -0.2) is 14.4 Å². The molecule has 2 aromatic carbocycles. The number of aliphatic hydroxyl groups is 1. The normalized spacial score (nSPS) is 12.9. The highest BCUT2D eigenvalue weighted by Crippen LogP contribution is 2.27. The van der Waals surface area contributed by atoms with E-state index in [-0.39, 0.29) is 24.4 Å². The van der Waals surface area contributed by atoms with Crippen LogP contribution in [0.25, 0.3) is 0 Å². The Labute approximate surface area is 335 Å². The number of allylic oxidation sites excluding steroid dienone is 1. The zero-order valence-corrected chi connectivity index (χ0v) is 33.3. The highest BCUT2D eigenvalue weighted by atomic mass is 16.7. The van der Waals surface area contributed by atoms with Crippen LogP contribution in [0.4, 0.5) is 0 Å². The Morgan fingerprint density at radius 2 is 1.51 bits per heavy atom. The van der Waals surface area contributed by atoms with Crippen LogP contribution in [0.2, 0.25) is 0 Å². The van der Waals surface area contributed by atoms with E-state index in [9.17, 15) is 39.0 Å². The standard InChI is InChI=1S/C44H57NO12/c1-4-6-8-11-17-22-35(46)23-18-12-9-10-13-19-24-37(44(53,31-39(47)48)43(52)57-32-56-41(50)34-20-15-14-16-21-34)40(49)45-38(42(51)54-3)30-33-25-27-36(28-26-33)55-29-7-5-2/h14-16,19-21,24-28,37-38,53H,4,6,8-13,17-18,22-23,29-32H2,1-3H3,(H,45,49)(H,47,48)/b24-19+/t37-,38+,44+/m1/s1. The number of carboxylic acids is 1. The molecule has 0 radical (unpaired) electrons. The molecule has 13 nitrogen and oxygen atoms in total. The molecule has 0 heterocycles. The average Bonchev–Trinajstić information content (AvgIpc) is 3.20. The quantitative estimate of drug-likeness (QED) is 0.0287. The number of unbranched alkanes of at least 4 members (excludes halogenated alkanes) is 8. The Morgan fingerprint density at radius 3 is 2.12 bits per heavy atom. The molecule has 3 N–H and O–H groups in total. The maximum Gasteiger partial charge on any atom is 0.342 e. The van der Waals surface area contributed by atoms with Crippen LogP contribution in [-0.4, -0.2) is 77.9 Å². The molecule has 0 fully saturated rings. The lowest BCUT2D eigenvalue weighted by molar-refractivity contribution is -0.184. The van der Waals surface area contributed by atoms with Gasteiger partial charge in [-0.05, 0) is 62.4 Å². The predicted molar refractivity (Wildman–Crippen MR) is 212 cm³/mol. The Hall–Kier alpha value is -5.48. The van der Waals surface area contributed by atoms with Gasteiger partial charge in [-0.2, -0.15) is 0 Å². The molecule has 2 rings (SSSR count). The maximum atomic E-state index is 14.0. The first kappa shape index (κ1) is 47.7. The lowest BCUT2D eigenvalue weighted by Gasteiger charge is -2.31. The summed E-state index contributed by atoms with van der Waals surface area (Å²) in [7, 11) is 1.13. The molecule has 0 aromatic heterocycles. The van der Waals surface area contributed by atoms with Crippen molar-refractivity contribution in [3.63, 3.8) is 0 Å². The van der Waals surface area contributed by atoms with Crippen molar-refractivity contribution in [1.29, 1.82) is 0 Å². The second kappa shape index (κ2) is 27.2. The van der Waals surface area contributed by atoms with E-state index in [1.54, 1.807) is 49.4 Å². The van der Waals surface area contributed by atoms with E-state index in [4.69, 9.17) is 18.9 Å². The SMILES string of the molecule is CC#CCOc1ccc(C[C@H](NC(=O)[C@@H](/C=C/CCCCCCC(=O)CCCCCCC)[C@@](O)(CC(=O)O)C(=O)OCOC(=O)c2ccccc2)C(=O)OC)cc1. The van der Waals surface area contributed by atoms with E-state index in [1.807, 2.05) is 0 Å². The van der Waals surface area contributed by atoms with Gasteiger partial charge in [-0.15, -0.1) is 5.92 Å². The first-order chi connectivity index (χ1) is 27.4. The van der Waals surface area contributed by atoms with Crippen molar-refractivity contribution < 1.29 is 57.9 Å². The molecule has 0 bridgehead atoms. The van der Waals surface area contributed by atoms with E-state index in [1.165, 1.54) is 30.7 Å². The summed E-state index contributed by atoms with van der Waals surface area (Å²) >= 11 is 0. The number of ketones is 1. The van der Waals surface area contributed by atoms with Crippen molar-refractivity contribution in [2.24, 2.45) is 5.92 Å². The van der Waals surface area contributed by atoms with Crippen molar-refractivity contribution in [2.45, 2.75) is 115 Å². The summed E-state index contributed by atoms with van der Waals surface area (Å²) in [5, 5.41) is 24.0. The number of aliphatic carboxylic acids is 1. The summed E-state index contributed by atoms with van der Waals surface area (Å²) < 4.78 is 20.5. The average molecular weight is 792 g/mol. The molecule has 2 aromatic rings. The number of esters is 3. The summed E-state index contributed by atoms with van der Waals surface area (Å²) in [5.74, 6) is -1.48. The second-order valence-electron chi connectivity index (χ2n) is 13.6. The van der Waals surface area contributed by atoms with Crippen molar-refractivity contribution in [3.8, 4) is 17.6 Å². The smallest absolute Gasteiger partial charge is 0.342 e. The van der Waals surface area contributed by atoms with Crippen LogP contribution in [0, 0.1) is 17.8 Å². The molecule has 0 unspecified atom stereocenters. The van der Waals surface area contributed by atoms with Gasteiger partial charge in [0.25, 0.3) is 0 Å². The number of carbonyl (C=O) groups excluding carboxylic acids is 5. The molecule has 3 atom stereocenters. The molecule has 57 heavy (non-hydrogen) atoms. The Balaban J connectivity index is 2.22. The molecule has 0 saturated heterocycles.